The first kappa shape index (κ1) is 31.1. The summed E-state index contributed by atoms with van der Waals surface area (Å²) in [7, 11) is 0. The summed E-state index contributed by atoms with van der Waals surface area (Å²) in [5, 5.41) is 8.76. The molecule has 54 heavy (non-hydrogen) atoms. The second-order valence-electron chi connectivity index (χ2n) is 14.9. The highest BCUT2D eigenvalue weighted by molar-refractivity contribution is 6.32. The van der Waals surface area contributed by atoms with Gasteiger partial charge in [-0.1, -0.05) is 140 Å². The predicted molar refractivity (Wildman–Crippen MR) is 225 cm³/mol. The molecule has 0 radical (unpaired) electrons. The van der Waals surface area contributed by atoms with Crippen LogP contribution in [0.15, 0.2) is 158 Å². The van der Waals surface area contributed by atoms with Crippen molar-refractivity contribution in [2.45, 2.75) is 38.0 Å². The molecule has 0 aliphatic heterocycles. The van der Waals surface area contributed by atoms with Gasteiger partial charge in [0.1, 0.15) is 0 Å². The Bertz CT molecular complexity index is 2960. The molecule has 1 unspecified atom stereocenters. The van der Waals surface area contributed by atoms with Crippen molar-refractivity contribution in [2.24, 2.45) is 0 Å². The fraction of sp³-hybridized carbons (Fsp3) is 0.118. The summed E-state index contributed by atoms with van der Waals surface area (Å²) in [4.78, 5) is 15.9. The first-order chi connectivity index (χ1) is 26.8. The van der Waals surface area contributed by atoms with Crippen molar-refractivity contribution in [3.63, 3.8) is 0 Å². The van der Waals surface area contributed by atoms with Gasteiger partial charge in [0.15, 0.2) is 0 Å². The molecule has 3 aliphatic rings. The number of pyridine rings is 3. The Labute approximate surface area is 314 Å². The molecule has 1 atom stereocenters. The molecule has 0 fully saturated rings. The monoisotopic (exact) mass is 691 g/mol. The Morgan fingerprint density at radius 2 is 1.09 bits per heavy atom. The van der Waals surface area contributed by atoms with E-state index >= 15 is 0 Å². The molecule has 0 N–H and O–H groups in total. The quantitative estimate of drug-likeness (QED) is 0.172. The van der Waals surface area contributed by atoms with Gasteiger partial charge < -0.3 is 0 Å². The van der Waals surface area contributed by atoms with E-state index in [1.54, 1.807) is 0 Å². The Kier molecular flexibility index (Phi) is 7.26. The van der Waals surface area contributed by atoms with Crippen molar-refractivity contribution in [1.82, 2.24) is 15.0 Å². The van der Waals surface area contributed by atoms with Crippen molar-refractivity contribution < 1.29 is 0 Å². The second-order valence-corrected chi connectivity index (χ2v) is 14.9. The van der Waals surface area contributed by atoms with Crippen LogP contribution in [-0.2, 0) is 12.8 Å². The van der Waals surface area contributed by atoms with Gasteiger partial charge in [-0.3, -0.25) is 0 Å². The average molecular weight is 692 g/mol. The Morgan fingerprint density at radius 1 is 0.463 bits per heavy atom. The highest BCUT2D eigenvalue weighted by Gasteiger charge is 2.23. The predicted octanol–water partition coefficient (Wildman–Crippen LogP) is 12.8. The molecular weight excluding hydrogens is 655 g/mol. The van der Waals surface area contributed by atoms with E-state index < -0.39 is 0 Å². The molecule has 3 nitrogen and oxygen atoms in total. The van der Waals surface area contributed by atoms with Gasteiger partial charge in [-0.25, -0.2) is 15.0 Å². The number of rotatable bonds is 4. The molecule has 3 heterocycles. The third-order valence-corrected chi connectivity index (χ3v) is 11.7. The van der Waals surface area contributed by atoms with Crippen LogP contribution >= 0.6 is 0 Å². The number of hydrogen-bond donors (Lipinski definition) is 0. The summed E-state index contributed by atoms with van der Waals surface area (Å²) in [6, 6.07) is 44.2. The number of aromatic nitrogens is 3. The van der Waals surface area contributed by atoms with Gasteiger partial charge in [-0.05, 0) is 99.7 Å². The van der Waals surface area contributed by atoms with Crippen LogP contribution in [0.3, 0.4) is 0 Å². The van der Waals surface area contributed by atoms with E-state index in [1.807, 2.05) is 0 Å². The van der Waals surface area contributed by atoms with E-state index in [9.17, 15) is 0 Å². The van der Waals surface area contributed by atoms with Crippen molar-refractivity contribution >= 4 is 54.4 Å². The summed E-state index contributed by atoms with van der Waals surface area (Å²) >= 11 is 0. The van der Waals surface area contributed by atoms with Crippen LogP contribution in [0.4, 0.5) is 0 Å². The van der Waals surface area contributed by atoms with Crippen LogP contribution < -0.4 is 0 Å². The van der Waals surface area contributed by atoms with Crippen LogP contribution in [0.25, 0.3) is 77.0 Å². The normalized spacial score (nSPS) is 16.4. The van der Waals surface area contributed by atoms with E-state index in [0.717, 1.165) is 71.7 Å². The fourth-order valence-electron chi connectivity index (χ4n) is 8.99. The van der Waals surface area contributed by atoms with Crippen molar-refractivity contribution in [3.8, 4) is 22.6 Å². The molecule has 3 heteroatoms. The number of aryl methyl sites for hydroxylation is 2. The molecule has 3 aromatic heterocycles. The van der Waals surface area contributed by atoms with Crippen LogP contribution in [0.5, 0.6) is 0 Å². The minimum Gasteiger partial charge on any atom is -0.247 e. The molecule has 256 valence electrons. The minimum atomic E-state index is 0.239. The zero-order valence-corrected chi connectivity index (χ0v) is 30.0. The molecule has 0 saturated heterocycles. The summed E-state index contributed by atoms with van der Waals surface area (Å²) in [6.45, 7) is 0. The number of hydrogen-bond acceptors (Lipinski definition) is 3. The van der Waals surface area contributed by atoms with E-state index in [4.69, 9.17) is 15.0 Å². The molecule has 11 rings (SSSR count). The lowest BCUT2D eigenvalue weighted by Gasteiger charge is -2.21. The largest absolute Gasteiger partial charge is 0.247 e. The molecule has 3 aliphatic carbocycles. The first-order valence-corrected chi connectivity index (χ1v) is 19.2. The number of nitrogens with zero attached hydrogens (tertiary/aromatic N) is 3. The molecule has 0 spiro atoms. The maximum Gasteiger partial charge on any atom is 0.0928 e. The SMILES string of the molecule is C1=CC(c2ccc3c(n2)-c2nc(-c4ccc(C5C=C(c6nc7ccccc7c7c8ccccc8c8ccccc8c67)C=CC5)cc4)ccc2CC3)=CCC1. The summed E-state index contributed by atoms with van der Waals surface area (Å²) in [5.41, 5.74) is 13.5. The van der Waals surface area contributed by atoms with Crippen molar-refractivity contribution in [2.75, 3.05) is 0 Å². The maximum atomic E-state index is 5.41. The topological polar surface area (TPSA) is 38.7 Å². The van der Waals surface area contributed by atoms with Crippen LogP contribution in [-0.4, -0.2) is 15.0 Å². The zero-order chi connectivity index (χ0) is 35.6. The number of benzene rings is 5. The lowest BCUT2D eigenvalue weighted by Crippen LogP contribution is -2.09. The van der Waals surface area contributed by atoms with Crippen molar-refractivity contribution in [1.29, 1.82) is 0 Å². The summed E-state index contributed by atoms with van der Waals surface area (Å²) < 4.78 is 0. The van der Waals surface area contributed by atoms with E-state index in [1.165, 1.54) is 65.5 Å². The van der Waals surface area contributed by atoms with Gasteiger partial charge in [0.25, 0.3) is 0 Å². The van der Waals surface area contributed by atoms with E-state index in [2.05, 4.69) is 158 Å². The third kappa shape index (κ3) is 5.07. The van der Waals surface area contributed by atoms with E-state index in [-0.39, 0.29) is 5.92 Å². The van der Waals surface area contributed by atoms with E-state index in [0.29, 0.717) is 0 Å². The number of allylic oxidation sites excluding steroid dienone is 8. The van der Waals surface area contributed by atoms with Gasteiger partial charge in [-0.2, -0.15) is 0 Å². The Balaban J connectivity index is 0.978. The van der Waals surface area contributed by atoms with Gasteiger partial charge >= 0.3 is 0 Å². The standard InChI is InChI=1S/C51H37N3/c1-2-11-33(12-3-1)44-29-27-35-25-26-36-28-30-45(53-51(36)50(35)52-44)34-23-21-32(22-24-34)37-13-10-14-38(31-37)49-48-42-18-7-5-16-40(42)39-15-4-6-17-41(39)47(48)43-19-8-9-20-46(43)54-49/h2,4-12,14-24,27-31,37H,1,3,13,25-26H2. The highest BCUT2D eigenvalue weighted by Crippen LogP contribution is 2.43. The number of para-hydroxylation sites is 1. The second kappa shape index (κ2) is 12.6. The average Bonchev–Trinajstić information content (AvgIpc) is 3.26. The maximum absolute atomic E-state index is 5.41. The van der Waals surface area contributed by atoms with Crippen LogP contribution in [0.2, 0.25) is 0 Å². The molecule has 5 aromatic carbocycles. The van der Waals surface area contributed by atoms with Crippen molar-refractivity contribution in [3.05, 3.63) is 186 Å². The van der Waals surface area contributed by atoms with Gasteiger partial charge in [0.05, 0.1) is 34.0 Å². The van der Waals surface area contributed by atoms with Crippen LogP contribution in [0.1, 0.15) is 53.3 Å². The van der Waals surface area contributed by atoms with Gasteiger partial charge in [-0.15, -0.1) is 0 Å². The van der Waals surface area contributed by atoms with Gasteiger partial charge in [0.2, 0.25) is 0 Å². The fourth-order valence-corrected chi connectivity index (χ4v) is 8.99. The lowest BCUT2D eigenvalue weighted by molar-refractivity contribution is 0.857. The molecule has 8 aromatic rings. The highest BCUT2D eigenvalue weighted by atomic mass is 14.8. The summed E-state index contributed by atoms with van der Waals surface area (Å²) in [6.07, 6.45) is 18.9. The lowest BCUT2D eigenvalue weighted by atomic mass is 9.85. The molecule has 0 amide bonds. The Morgan fingerprint density at radius 3 is 1.81 bits per heavy atom. The molecular formula is C51H37N3. The third-order valence-electron chi connectivity index (χ3n) is 11.7. The Hall–Kier alpha value is -6.45. The molecule has 0 bridgehead atoms. The smallest absolute Gasteiger partial charge is 0.0928 e. The summed E-state index contributed by atoms with van der Waals surface area (Å²) in [5.74, 6) is 0.239. The minimum absolute atomic E-state index is 0.239. The first-order valence-electron chi connectivity index (χ1n) is 19.2. The molecule has 0 saturated carbocycles. The van der Waals surface area contributed by atoms with Gasteiger partial charge in [0, 0.05) is 27.6 Å². The number of fused-ring (bicyclic) bond motifs is 11. The zero-order valence-electron chi connectivity index (χ0n) is 30.0. The van der Waals surface area contributed by atoms with Crippen LogP contribution in [0, 0.1) is 0 Å².